The van der Waals surface area contributed by atoms with E-state index >= 15 is 0 Å². The second-order valence-corrected chi connectivity index (χ2v) is 1.64. The minimum atomic E-state index is -0.902. The highest BCUT2D eigenvalue weighted by Gasteiger charge is 1.94. The van der Waals surface area contributed by atoms with Gasteiger partial charge in [-0.25, -0.2) is 4.39 Å². The summed E-state index contributed by atoms with van der Waals surface area (Å²) in [6.45, 7) is 3.59. The van der Waals surface area contributed by atoms with Crippen LogP contribution in [0.15, 0.2) is 12.7 Å². The summed E-state index contributed by atoms with van der Waals surface area (Å²) >= 11 is 0. The zero-order chi connectivity index (χ0) is 6.41. The molecule has 2 heteroatoms. The standard InChI is InChI=1S/C6H11FN/c1-2-6(7)4-3-5-8/h2,6,8H,1,3-5H2/q-1. The first-order valence-electron chi connectivity index (χ1n) is 2.72. The maximum absolute atomic E-state index is 12.1. The summed E-state index contributed by atoms with van der Waals surface area (Å²) in [7, 11) is 0. The zero-order valence-electron chi connectivity index (χ0n) is 4.86. The van der Waals surface area contributed by atoms with Gasteiger partial charge in [-0.1, -0.05) is 12.5 Å². The lowest BCUT2D eigenvalue weighted by Gasteiger charge is -2.01. The molecule has 0 saturated carbocycles. The van der Waals surface area contributed by atoms with E-state index in [0.29, 0.717) is 19.4 Å². The lowest BCUT2D eigenvalue weighted by atomic mass is 10.2. The molecule has 0 aliphatic rings. The van der Waals surface area contributed by atoms with Crippen LogP contribution in [-0.4, -0.2) is 12.7 Å². The molecule has 0 aromatic heterocycles. The molecule has 0 heterocycles. The Labute approximate surface area is 49.4 Å². The van der Waals surface area contributed by atoms with Crippen LogP contribution in [0, 0.1) is 0 Å². The van der Waals surface area contributed by atoms with Crippen LogP contribution >= 0.6 is 0 Å². The Balaban J connectivity index is 2.98. The molecule has 48 valence electrons. The second kappa shape index (κ2) is 4.78. The quantitative estimate of drug-likeness (QED) is 0.503. The van der Waals surface area contributed by atoms with E-state index in [9.17, 15) is 4.39 Å². The Morgan fingerprint density at radius 2 is 2.38 bits per heavy atom. The van der Waals surface area contributed by atoms with Gasteiger partial charge in [0.1, 0.15) is 6.17 Å². The highest BCUT2D eigenvalue weighted by molar-refractivity contribution is 4.78. The zero-order valence-corrected chi connectivity index (χ0v) is 4.86. The number of hydrogen-bond donors (Lipinski definition) is 0. The van der Waals surface area contributed by atoms with Crippen molar-refractivity contribution >= 4 is 0 Å². The Morgan fingerprint density at radius 3 is 2.75 bits per heavy atom. The first kappa shape index (κ1) is 7.63. The van der Waals surface area contributed by atoms with E-state index in [1.165, 1.54) is 6.08 Å². The number of rotatable bonds is 4. The molecule has 0 aliphatic carbocycles. The third-order valence-electron chi connectivity index (χ3n) is 0.912. The van der Waals surface area contributed by atoms with Crippen molar-refractivity contribution < 1.29 is 4.39 Å². The predicted molar refractivity (Wildman–Crippen MR) is 33.5 cm³/mol. The first-order chi connectivity index (χ1) is 3.81. The molecule has 0 fully saturated rings. The van der Waals surface area contributed by atoms with Crippen molar-refractivity contribution in [3.8, 4) is 0 Å². The molecule has 1 unspecified atom stereocenters. The number of hydrogen-bond acceptors (Lipinski definition) is 0. The van der Waals surface area contributed by atoms with Crippen LogP contribution in [0.3, 0.4) is 0 Å². The highest BCUT2D eigenvalue weighted by Crippen LogP contribution is 2.01. The molecule has 0 aromatic carbocycles. The molecule has 0 amide bonds. The maximum atomic E-state index is 12.1. The van der Waals surface area contributed by atoms with E-state index in [-0.39, 0.29) is 0 Å². The van der Waals surface area contributed by atoms with E-state index < -0.39 is 6.17 Å². The molecule has 1 nitrogen and oxygen atoms in total. The minimum absolute atomic E-state index is 0.314. The van der Waals surface area contributed by atoms with E-state index in [0.717, 1.165) is 0 Å². The fourth-order valence-corrected chi connectivity index (χ4v) is 0.415. The summed E-state index contributed by atoms with van der Waals surface area (Å²) in [4.78, 5) is 0. The van der Waals surface area contributed by atoms with Crippen molar-refractivity contribution in [2.45, 2.75) is 19.0 Å². The Morgan fingerprint density at radius 1 is 1.75 bits per heavy atom. The fourth-order valence-electron chi connectivity index (χ4n) is 0.415. The van der Waals surface area contributed by atoms with Crippen molar-refractivity contribution in [1.29, 1.82) is 0 Å². The van der Waals surface area contributed by atoms with Crippen LogP contribution in [-0.2, 0) is 0 Å². The van der Waals surface area contributed by atoms with Crippen LogP contribution in [0.25, 0.3) is 5.73 Å². The Bertz CT molecular complexity index is 63.5. The van der Waals surface area contributed by atoms with Crippen molar-refractivity contribution in [1.82, 2.24) is 0 Å². The number of alkyl halides is 1. The molecule has 0 spiro atoms. The van der Waals surface area contributed by atoms with Crippen LogP contribution in [0.4, 0.5) is 4.39 Å². The normalized spacial score (nSPS) is 13.2. The summed E-state index contributed by atoms with van der Waals surface area (Å²) in [5.41, 5.74) is 6.67. The summed E-state index contributed by atoms with van der Waals surface area (Å²) in [6, 6.07) is 0. The van der Waals surface area contributed by atoms with Gasteiger partial charge in [0.25, 0.3) is 0 Å². The molecule has 0 saturated heterocycles. The van der Waals surface area contributed by atoms with Crippen LogP contribution < -0.4 is 0 Å². The molecule has 0 aromatic rings. The summed E-state index contributed by atoms with van der Waals surface area (Å²) in [5.74, 6) is 0. The maximum Gasteiger partial charge on any atom is 0.118 e. The monoisotopic (exact) mass is 116 g/mol. The van der Waals surface area contributed by atoms with E-state index in [2.05, 4.69) is 6.58 Å². The fraction of sp³-hybridized carbons (Fsp3) is 0.667. The van der Waals surface area contributed by atoms with Gasteiger partial charge in [0.05, 0.1) is 0 Å². The van der Waals surface area contributed by atoms with Crippen molar-refractivity contribution in [2.75, 3.05) is 6.54 Å². The Kier molecular flexibility index (Phi) is 4.56. The van der Waals surface area contributed by atoms with Crippen molar-refractivity contribution in [3.63, 3.8) is 0 Å². The number of halogens is 1. The Hall–Kier alpha value is -0.370. The van der Waals surface area contributed by atoms with Gasteiger partial charge in [0.15, 0.2) is 0 Å². The molecule has 1 N–H and O–H groups in total. The second-order valence-electron chi connectivity index (χ2n) is 1.64. The van der Waals surface area contributed by atoms with Gasteiger partial charge in [0.2, 0.25) is 0 Å². The molecule has 0 aliphatic heterocycles. The van der Waals surface area contributed by atoms with Crippen molar-refractivity contribution in [2.24, 2.45) is 0 Å². The van der Waals surface area contributed by atoms with Crippen LogP contribution in [0.2, 0.25) is 0 Å². The molecule has 1 atom stereocenters. The minimum Gasteiger partial charge on any atom is -0.677 e. The lowest BCUT2D eigenvalue weighted by molar-refractivity contribution is 0.375. The molecule has 0 rings (SSSR count). The van der Waals surface area contributed by atoms with Gasteiger partial charge in [-0.15, -0.1) is 6.58 Å². The molecule has 0 radical (unpaired) electrons. The molecule has 0 bridgehead atoms. The highest BCUT2D eigenvalue weighted by atomic mass is 19.1. The number of allylic oxidation sites excluding steroid dienone is 1. The smallest absolute Gasteiger partial charge is 0.118 e. The molecular formula is C6H11FN-. The van der Waals surface area contributed by atoms with Crippen LogP contribution in [0.5, 0.6) is 0 Å². The van der Waals surface area contributed by atoms with Gasteiger partial charge in [0, 0.05) is 0 Å². The predicted octanol–water partition coefficient (Wildman–Crippen LogP) is 2.34. The molecule has 8 heavy (non-hydrogen) atoms. The van der Waals surface area contributed by atoms with Gasteiger partial charge in [-0.2, -0.15) is 6.54 Å². The number of nitrogens with one attached hydrogen (secondary N) is 1. The topological polar surface area (TPSA) is 23.8 Å². The van der Waals surface area contributed by atoms with E-state index in [1.54, 1.807) is 0 Å². The average molecular weight is 116 g/mol. The van der Waals surface area contributed by atoms with Gasteiger partial charge in [-0.3, -0.25) is 0 Å². The van der Waals surface area contributed by atoms with Crippen LogP contribution in [0.1, 0.15) is 12.8 Å². The summed E-state index contributed by atoms with van der Waals surface area (Å²) in [6.07, 6.45) is 1.45. The average Bonchev–Trinajstić information content (AvgIpc) is 1.83. The van der Waals surface area contributed by atoms with Gasteiger partial charge < -0.3 is 5.73 Å². The lowest BCUT2D eigenvalue weighted by Crippen LogP contribution is -1.93. The van der Waals surface area contributed by atoms with E-state index in [4.69, 9.17) is 5.73 Å². The first-order valence-corrected chi connectivity index (χ1v) is 2.72. The molecular weight excluding hydrogens is 105 g/mol. The van der Waals surface area contributed by atoms with Crippen molar-refractivity contribution in [3.05, 3.63) is 18.4 Å². The third-order valence-corrected chi connectivity index (χ3v) is 0.912. The van der Waals surface area contributed by atoms with Gasteiger partial charge in [-0.05, 0) is 6.42 Å². The van der Waals surface area contributed by atoms with E-state index in [1.807, 2.05) is 0 Å². The third kappa shape index (κ3) is 3.81. The summed E-state index contributed by atoms with van der Waals surface area (Å²) < 4.78 is 12.1. The summed E-state index contributed by atoms with van der Waals surface area (Å²) in [5, 5.41) is 0. The van der Waals surface area contributed by atoms with Gasteiger partial charge >= 0.3 is 0 Å². The SMILES string of the molecule is C=CC(F)CCC[NH-]. The largest absolute Gasteiger partial charge is 0.677 e.